The van der Waals surface area contributed by atoms with E-state index < -0.39 is 17.8 Å². The molecule has 98 valence electrons. The van der Waals surface area contributed by atoms with Gasteiger partial charge in [-0.05, 0) is 25.3 Å². The first-order chi connectivity index (χ1) is 8.69. The number of ether oxygens (including phenoxy) is 1. The van der Waals surface area contributed by atoms with Crippen molar-refractivity contribution in [1.82, 2.24) is 5.48 Å². The number of hydrogen-bond donors (Lipinski definition) is 2. The summed E-state index contributed by atoms with van der Waals surface area (Å²) in [6.45, 7) is 1.88. The first-order valence-corrected chi connectivity index (χ1v) is 5.83. The summed E-state index contributed by atoms with van der Waals surface area (Å²) in [6, 6.07) is 9.51. The molecule has 0 aliphatic carbocycles. The molecule has 1 aromatic carbocycles. The van der Waals surface area contributed by atoms with Gasteiger partial charge in [-0.15, -0.1) is 0 Å². The Morgan fingerprint density at radius 3 is 2.56 bits per heavy atom. The normalized spacial score (nSPS) is 11.7. The fourth-order valence-corrected chi connectivity index (χ4v) is 1.63. The van der Waals surface area contributed by atoms with Crippen molar-refractivity contribution in [3.05, 3.63) is 35.9 Å². The lowest BCUT2D eigenvalue weighted by atomic mass is 9.99. The zero-order chi connectivity index (χ0) is 13.4. The van der Waals surface area contributed by atoms with Crippen LogP contribution >= 0.6 is 0 Å². The van der Waals surface area contributed by atoms with Crippen molar-refractivity contribution < 1.29 is 19.5 Å². The van der Waals surface area contributed by atoms with E-state index in [4.69, 9.17) is 9.94 Å². The maximum absolute atomic E-state index is 11.6. The van der Waals surface area contributed by atoms with Gasteiger partial charge in [-0.25, -0.2) is 5.48 Å². The molecule has 1 atom stereocenters. The molecular formula is C13H17NO4. The fourth-order valence-electron chi connectivity index (χ4n) is 1.63. The van der Waals surface area contributed by atoms with Crippen LogP contribution in [0.1, 0.15) is 18.9 Å². The highest BCUT2D eigenvalue weighted by Gasteiger charge is 2.27. The molecular weight excluding hydrogens is 234 g/mol. The summed E-state index contributed by atoms with van der Waals surface area (Å²) in [7, 11) is 0. The lowest BCUT2D eigenvalue weighted by molar-refractivity contribution is -0.155. The van der Waals surface area contributed by atoms with Crippen molar-refractivity contribution in [3.63, 3.8) is 0 Å². The van der Waals surface area contributed by atoms with Crippen LogP contribution in [-0.2, 0) is 20.7 Å². The van der Waals surface area contributed by atoms with E-state index in [0.29, 0.717) is 12.8 Å². The molecule has 1 rings (SSSR count). The Hall–Kier alpha value is -1.88. The minimum Gasteiger partial charge on any atom is -0.465 e. The number of benzene rings is 1. The second-order valence-corrected chi connectivity index (χ2v) is 3.80. The van der Waals surface area contributed by atoms with Gasteiger partial charge in [0, 0.05) is 0 Å². The van der Waals surface area contributed by atoms with Gasteiger partial charge in [0.2, 0.25) is 0 Å². The standard InChI is InChI=1S/C13H17NO4/c1-2-18-13(16)11(12(15)14-17)9-8-10-6-4-3-5-7-10/h3-7,11,17H,2,8-9H2,1H3,(H,14,15)/t11-/m1/s1. The maximum Gasteiger partial charge on any atom is 0.318 e. The number of nitrogens with one attached hydrogen (secondary N) is 1. The van der Waals surface area contributed by atoms with E-state index in [1.54, 1.807) is 6.92 Å². The summed E-state index contributed by atoms with van der Waals surface area (Å²) in [6.07, 6.45) is 0.868. The Morgan fingerprint density at radius 1 is 1.33 bits per heavy atom. The smallest absolute Gasteiger partial charge is 0.318 e. The monoisotopic (exact) mass is 251 g/mol. The van der Waals surface area contributed by atoms with E-state index >= 15 is 0 Å². The van der Waals surface area contributed by atoms with Crippen LogP contribution in [0.25, 0.3) is 0 Å². The Bertz CT molecular complexity index is 391. The second kappa shape index (κ2) is 7.45. The van der Waals surface area contributed by atoms with Crippen LogP contribution in [-0.4, -0.2) is 23.7 Å². The first kappa shape index (κ1) is 14.2. The highest BCUT2D eigenvalue weighted by Crippen LogP contribution is 2.12. The third-order valence-electron chi connectivity index (χ3n) is 2.56. The molecule has 0 aliphatic rings. The quantitative estimate of drug-likeness (QED) is 0.346. The molecule has 0 heterocycles. The molecule has 18 heavy (non-hydrogen) atoms. The number of carbonyl (C=O) groups excluding carboxylic acids is 2. The van der Waals surface area contributed by atoms with Crippen molar-refractivity contribution >= 4 is 11.9 Å². The Balaban J connectivity index is 2.62. The van der Waals surface area contributed by atoms with E-state index in [1.807, 2.05) is 30.3 Å². The summed E-state index contributed by atoms with van der Waals surface area (Å²) in [4.78, 5) is 23.0. The average Bonchev–Trinajstić information content (AvgIpc) is 2.40. The van der Waals surface area contributed by atoms with Gasteiger partial charge in [0.05, 0.1) is 6.61 Å². The average molecular weight is 251 g/mol. The number of hydroxylamine groups is 1. The molecule has 0 radical (unpaired) electrons. The summed E-state index contributed by atoms with van der Waals surface area (Å²) < 4.78 is 4.80. The summed E-state index contributed by atoms with van der Waals surface area (Å²) >= 11 is 0. The molecule has 0 spiro atoms. The largest absolute Gasteiger partial charge is 0.465 e. The molecule has 0 aliphatic heterocycles. The van der Waals surface area contributed by atoms with Gasteiger partial charge < -0.3 is 4.74 Å². The number of aryl methyl sites for hydroxylation is 1. The van der Waals surface area contributed by atoms with Crippen molar-refractivity contribution in [2.45, 2.75) is 19.8 Å². The fraction of sp³-hybridized carbons (Fsp3) is 0.385. The van der Waals surface area contributed by atoms with E-state index in [1.165, 1.54) is 5.48 Å². The van der Waals surface area contributed by atoms with Crippen LogP contribution in [0.5, 0.6) is 0 Å². The Kier molecular flexibility index (Phi) is 5.87. The zero-order valence-corrected chi connectivity index (χ0v) is 10.3. The number of hydrogen-bond acceptors (Lipinski definition) is 4. The molecule has 5 nitrogen and oxygen atoms in total. The van der Waals surface area contributed by atoms with Gasteiger partial charge in [0.25, 0.3) is 5.91 Å². The van der Waals surface area contributed by atoms with E-state index in [0.717, 1.165) is 5.56 Å². The predicted molar refractivity (Wildman–Crippen MR) is 64.8 cm³/mol. The second-order valence-electron chi connectivity index (χ2n) is 3.80. The maximum atomic E-state index is 11.6. The molecule has 0 fully saturated rings. The van der Waals surface area contributed by atoms with E-state index in [-0.39, 0.29) is 6.61 Å². The zero-order valence-electron chi connectivity index (χ0n) is 10.3. The molecule has 0 aromatic heterocycles. The first-order valence-electron chi connectivity index (χ1n) is 5.83. The van der Waals surface area contributed by atoms with E-state index in [2.05, 4.69) is 0 Å². The summed E-state index contributed by atoms with van der Waals surface area (Å²) in [5.41, 5.74) is 2.53. The van der Waals surface area contributed by atoms with Crippen LogP contribution in [0.3, 0.4) is 0 Å². The Labute approximate surface area is 106 Å². The predicted octanol–water partition coefficient (Wildman–Crippen LogP) is 1.30. The van der Waals surface area contributed by atoms with Crippen LogP contribution in [0.15, 0.2) is 30.3 Å². The van der Waals surface area contributed by atoms with Crippen molar-refractivity contribution in [2.24, 2.45) is 5.92 Å². The van der Waals surface area contributed by atoms with Gasteiger partial charge >= 0.3 is 5.97 Å². The van der Waals surface area contributed by atoms with Crippen LogP contribution in [0.4, 0.5) is 0 Å². The third-order valence-corrected chi connectivity index (χ3v) is 2.56. The molecule has 0 bridgehead atoms. The summed E-state index contributed by atoms with van der Waals surface area (Å²) in [5, 5.41) is 8.61. The number of carbonyl (C=O) groups is 2. The SMILES string of the molecule is CCOC(=O)[C@H](CCc1ccccc1)C(=O)NO. The molecule has 5 heteroatoms. The highest BCUT2D eigenvalue weighted by atomic mass is 16.5. The van der Waals surface area contributed by atoms with Crippen LogP contribution in [0.2, 0.25) is 0 Å². The van der Waals surface area contributed by atoms with Crippen LogP contribution in [0, 0.1) is 5.92 Å². The lowest BCUT2D eigenvalue weighted by Crippen LogP contribution is -2.35. The van der Waals surface area contributed by atoms with Crippen molar-refractivity contribution in [3.8, 4) is 0 Å². The van der Waals surface area contributed by atoms with Crippen LogP contribution < -0.4 is 5.48 Å². The van der Waals surface area contributed by atoms with Gasteiger partial charge in [-0.3, -0.25) is 14.8 Å². The minimum absolute atomic E-state index is 0.208. The Morgan fingerprint density at radius 2 is 2.00 bits per heavy atom. The molecule has 1 aromatic rings. The van der Waals surface area contributed by atoms with Gasteiger partial charge in [-0.1, -0.05) is 30.3 Å². The van der Waals surface area contributed by atoms with E-state index in [9.17, 15) is 9.59 Å². The number of rotatable bonds is 6. The lowest BCUT2D eigenvalue weighted by Gasteiger charge is -2.13. The van der Waals surface area contributed by atoms with Gasteiger partial charge in [-0.2, -0.15) is 0 Å². The molecule has 0 saturated carbocycles. The minimum atomic E-state index is -0.977. The van der Waals surface area contributed by atoms with Crippen molar-refractivity contribution in [2.75, 3.05) is 6.61 Å². The number of esters is 1. The molecule has 1 amide bonds. The molecule has 2 N–H and O–H groups in total. The third kappa shape index (κ3) is 4.18. The molecule has 0 unspecified atom stereocenters. The highest BCUT2D eigenvalue weighted by molar-refractivity contribution is 5.97. The molecule has 0 saturated heterocycles. The topological polar surface area (TPSA) is 75.6 Å². The summed E-state index contributed by atoms with van der Waals surface area (Å²) in [5.74, 6) is -2.32. The van der Waals surface area contributed by atoms with Gasteiger partial charge in [0.1, 0.15) is 5.92 Å². The van der Waals surface area contributed by atoms with Gasteiger partial charge in [0.15, 0.2) is 0 Å². The van der Waals surface area contributed by atoms with Crippen molar-refractivity contribution in [1.29, 1.82) is 0 Å². The number of amides is 1.